The summed E-state index contributed by atoms with van der Waals surface area (Å²) in [6, 6.07) is 16.7. The highest BCUT2D eigenvalue weighted by molar-refractivity contribution is 6.06. The van der Waals surface area contributed by atoms with Crippen LogP contribution in [0.25, 0.3) is 21.7 Å². The van der Waals surface area contributed by atoms with Crippen LogP contribution in [0.15, 0.2) is 63.8 Å². The number of fused-ring (bicyclic) bond motifs is 4. The molecule has 0 bridgehead atoms. The van der Waals surface area contributed by atoms with Gasteiger partial charge in [-0.25, -0.2) is 9.59 Å². The van der Waals surface area contributed by atoms with Crippen LogP contribution in [0, 0.1) is 6.92 Å². The fourth-order valence-electron chi connectivity index (χ4n) is 4.03. The maximum Gasteiger partial charge on any atom is 0.344 e. The van der Waals surface area contributed by atoms with Gasteiger partial charge in [-0.1, -0.05) is 18.2 Å². The van der Waals surface area contributed by atoms with Gasteiger partial charge in [0.25, 0.3) is 0 Å². The van der Waals surface area contributed by atoms with E-state index in [2.05, 4.69) is 4.90 Å². The zero-order valence-corrected chi connectivity index (χ0v) is 16.6. The van der Waals surface area contributed by atoms with Gasteiger partial charge in [0, 0.05) is 28.7 Å². The number of benzene rings is 3. The molecular formula is C24H19NO5. The molecule has 0 amide bonds. The molecule has 2 heterocycles. The standard InChI is InChI=1S/C24H19NO5/c1-14-21-16(11-20-18-5-3-4-6-19(18)24(27)30-22(14)20)12-25(13-29-21)17-9-7-15(8-10-17)23(26)28-2/h3-11H,12-13H2,1-2H3. The van der Waals surface area contributed by atoms with Crippen LogP contribution in [0.4, 0.5) is 5.69 Å². The Morgan fingerprint density at radius 1 is 1.03 bits per heavy atom. The van der Waals surface area contributed by atoms with Crippen molar-refractivity contribution >= 4 is 33.4 Å². The van der Waals surface area contributed by atoms with Crippen LogP contribution in [0.5, 0.6) is 5.75 Å². The zero-order valence-electron chi connectivity index (χ0n) is 16.6. The largest absolute Gasteiger partial charge is 0.472 e. The van der Waals surface area contributed by atoms with E-state index in [9.17, 15) is 9.59 Å². The lowest BCUT2D eigenvalue weighted by Gasteiger charge is -2.32. The summed E-state index contributed by atoms with van der Waals surface area (Å²) < 4.78 is 16.4. The highest BCUT2D eigenvalue weighted by Gasteiger charge is 2.23. The van der Waals surface area contributed by atoms with E-state index >= 15 is 0 Å². The number of hydrogen-bond acceptors (Lipinski definition) is 6. The van der Waals surface area contributed by atoms with Gasteiger partial charge in [-0.2, -0.15) is 0 Å². The molecule has 0 fully saturated rings. The Morgan fingerprint density at radius 3 is 2.50 bits per heavy atom. The van der Waals surface area contributed by atoms with Crippen molar-refractivity contribution in [2.45, 2.75) is 13.5 Å². The molecule has 5 rings (SSSR count). The first-order valence-electron chi connectivity index (χ1n) is 9.61. The van der Waals surface area contributed by atoms with Crippen LogP contribution >= 0.6 is 0 Å². The number of nitrogens with zero attached hydrogens (tertiary/aromatic N) is 1. The van der Waals surface area contributed by atoms with E-state index in [1.54, 1.807) is 18.2 Å². The molecule has 150 valence electrons. The fourth-order valence-corrected chi connectivity index (χ4v) is 4.03. The number of aryl methyl sites for hydroxylation is 1. The van der Waals surface area contributed by atoms with Gasteiger partial charge in [0.2, 0.25) is 0 Å². The number of anilines is 1. The minimum atomic E-state index is -0.364. The van der Waals surface area contributed by atoms with Crippen LogP contribution in [-0.4, -0.2) is 19.8 Å². The molecular weight excluding hydrogens is 382 g/mol. The Hall–Kier alpha value is -3.80. The van der Waals surface area contributed by atoms with E-state index in [1.165, 1.54) is 7.11 Å². The predicted molar refractivity (Wildman–Crippen MR) is 114 cm³/mol. The second-order valence-electron chi connectivity index (χ2n) is 7.31. The third kappa shape index (κ3) is 2.80. The van der Waals surface area contributed by atoms with Crippen molar-refractivity contribution in [1.29, 1.82) is 0 Å². The lowest BCUT2D eigenvalue weighted by Crippen LogP contribution is -2.32. The van der Waals surface area contributed by atoms with Crippen LogP contribution in [0.2, 0.25) is 0 Å². The fraction of sp³-hybridized carbons (Fsp3) is 0.167. The SMILES string of the molecule is COC(=O)c1ccc(N2COc3c(cc4c(oc(=O)c5ccccc54)c3C)C2)cc1. The molecule has 4 aromatic rings. The van der Waals surface area contributed by atoms with Crippen molar-refractivity contribution in [3.05, 3.63) is 81.7 Å². The van der Waals surface area contributed by atoms with E-state index in [-0.39, 0.29) is 11.6 Å². The number of methoxy groups -OCH3 is 1. The molecule has 1 aromatic heterocycles. The maximum atomic E-state index is 12.4. The van der Waals surface area contributed by atoms with E-state index in [1.807, 2.05) is 43.3 Å². The van der Waals surface area contributed by atoms with Crippen LogP contribution in [-0.2, 0) is 11.3 Å². The zero-order chi connectivity index (χ0) is 20.8. The summed E-state index contributed by atoms with van der Waals surface area (Å²) in [6.45, 7) is 2.91. The summed E-state index contributed by atoms with van der Waals surface area (Å²) in [5.74, 6) is 0.389. The lowest BCUT2D eigenvalue weighted by molar-refractivity contribution is 0.0600. The molecule has 0 aliphatic carbocycles. The topological polar surface area (TPSA) is 69.0 Å². The van der Waals surface area contributed by atoms with Gasteiger partial charge in [0.15, 0.2) is 6.73 Å². The Morgan fingerprint density at radius 2 is 1.77 bits per heavy atom. The number of carbonyl (C=O) groups excluding carboxylic acids is 1. The number of carbonyl (C=O) groups is 1. The van der Waals surface area contributed by atoms with Gasteiger partial charge in [-0.3, -0.25) is 0 Å². The molecule has 3 aromatic carbocycles. The van der Waals surface area contributed by atoms with Gasteiger partial charge in [0.1, 0.15) is 11.3 Å². The third-order valence-corrected chi connectivity index (χ3v) is 5.55. The van der Waals surface area contributed by atoms with Crippen molar-refractivity contribution in [2.75, 3.05) is 18.7 Å². The summed E-state index contributed by atoms with van der Waals surface area (Å²) in [7, 11) is 1.37. The molecule has 0 atom stereocenters. The molecule has 0 unspecified atom stereocenters. The van der Waals surface area contributed by atoms with Crippen LogP contribution in [0.3, 0.4) is 0 Å². The van der Waals surface area contributed by atoms with Crippen molar-refractivity contribution in [1.82, 2.24) is 0 Å². The van der Waals surface area contributed by atoms with E-state index in [0.29, 0.717) is 29.8 Å². The quantitative estimate of drug-likeness (QED) is 0.282. The number of ether oxygens (including phenoxy) is 2. The maximum absolute atomic E-state index is 12.4. The number of rotatable bonds is 2. The summed E-state index contributed by atoms with van der Waals surface area (Å²) in [6.07, 6.45) is 0. The first-order chi connectivity index (χ1) is 14.6. The van der Waals surface area contributed by atoms with Gasteiger partial charge in [-0.15, -0.1) is 0 Å². The number of esters is 1. The molecule has 0 radical (unpaired) electrons. The summed E-state index contributed by atoms with van der Waals surface area (Å²) in [4.78, 5) is 26.1. The van der Waals surface area contributed by atoms with Gasteiger partial charge < -0.3 is 18.8 Å². The Labute approximate surface area is 172 Å². The smallest absolute Gasteiger partial charge is 0.344 e. The van der Waals surface area contributed by atoms with Gasteiger partial charge in [-0.05, 0) is 48.7 Å². The van der Waals surface area contributed by atoms with Crippen molar-refractivity contribution < 1.29 is 18.7 Å². The van der Waals surface area contributed by atoms with E-state index in [0.717, 1.165) is 33.3 Å². The molecule has 0 N–H and O–H groups in total. The summed E-state index contributed by atoms with van der Waals surface area (Å²) >= 11 is 0. The van der Waals surface area contributed by atoms with E-state index in [4.69, 9.17) is 13.9 Å². The normalized spacial score (nSPS) is 13.2. The van der Waals surface area contributed by atoms with Crippen molar-refractivity contribution in [2.24, 2.45) is 0 Å². The Kier molecular flexibility index (Phi) is 4.20. The highest BCUT2D eigenvalue weighted by atomic mass is 16.5. The molecule has 1 aliphatic rings. The van der Waals surface area contributed by atoms with Gasteiger partial charge in [0.05, 0.1) is 18.1 Å². The average molecular weight is 401 g/mol. The monoisotopic (exact) mass is 401 g/mol. The molecule has 0 spiro atoms. The molecule has 0 saturated heterocycles. The second-order valence-corrected chi connectivity index (χ2v) is 7.31. The lowest BCUT2D eigenvalue weighted by atomic mass is 10.00. The minimum Gasteiger partial charge on any atom is -0.472 e. The second kappa shape index (κ2) is 6.91. The minimum absolute atomic E-state index is 0.343. The van der Waals surface area contributed by atoms with E-state index < -0.39 is 0 Å². The summed E-state index contributed by atoms with van der Waals surface area (Å²) in [5, 5.41) is 2.33. The Bertz CT molecular complexity index is 1350. The summed E-state index contributed by atoms with van der Waals surface area (Å²) in [5.41, 5.74) is 3.50. The Balaban J connectivity index is 1.58. The predicted octanol–water partition coefficient (Wildman–Crippen LogP) is 4.40. The van der Waals surface area contributed by atoms with Crippen molar-refractivity contribution in [3.8, 4) is 5.75 Å². The highest BCUT2D eigenvalue weighted by Crippen LogP contribution is 2.37. The van der Waals surface area contributed by atoms with Gasteiger partial charge >= 0.3 is 11.6 Å². The van der Waals surface area contributed by atoms with Crippen LogP contribution in [0.1, 0.15) is 21.5 Å². The third-order valence-electron chi connectivity index (χ3n) is 5.55. The first kappa shape index (κ1) is 18.2. The molecule has 30 heavy (non-hydrogen) atoms. The van der Waals surface area contributed by atoms with Crippen LogP contribution < -0.4 is 15.3 Å². The van der Waals surface area contributed by atoms with Crippen molar-refractivity contribution in [3.63, 3.8) is 0 Å². The first-order valence-corrected chi connectivity index (χ1v) is 9.61. The molecule has 6 nitrogen and oxygen atoms in total. The molecule has 0 saturated carbocycles. The number of hydrogen-bond donors (Lipinski definition) is 0. The molecule has 6 heteroatoms. The average Bonchev–Trinajstić information content (AvgIpc) is 2.79. The molecule has 1 aliphatic heterocycles.